The molecule has 0 radical (unpaired) electrons. The number of ether oxygens (including phenoxy) is 1. The van der Waals surface area contributed by atoms with E-state index in [-0.39, 0.29) is 17.6 Å². The Kier molecular flexibility index (Phi) is 3.01. The predicted octanol–water partition coefficient (Wildman–Crippen LogP) is 3.65. The van der Waals surface area contributed by atoms with Crippen molar-refractivity contribution < 1.29 is 4.74 Å². The summed E-state index contributed by atoms with van der Waals surface area (Å²) < 4.78 is 7.07. The summed E-state index contributed by atoms with van der Waals surface area (Å²) in [6, 6.07) is 6.15. The maximum Gasteiger partial charge on any atom is 0.125 e. The second-order valence-electron chi connectivity index (χ2n) is 5.50. The molecular formula is C13H18BrNO. The molecule has 1 aliphatic heterocycles. The van der Waals surface area contributed by atoms with Crippen LogP contribution in [0.1, 0.15) is 38.8 Å². The van der Waals surface area contributed by atoms with Crippen LogP contribution < -0.4 is 10.5 Å². The van der Waals surface area contributed by atoms with Crippen LogP contribution in [0.3, 0.4) is 0 Å². The van der Waals surface area contributed by atoms with E-state index in [1.54, 1.807) is 0 Å². The number of fused-ring (bicyclic) bond motifs is 1. The summed E-state index contributed by atoms with van der Waals surface area (Å²) in [4.78, 5) is 0. The van der Waals surface area contributed by atoms with Crippen molar-refractivity contribution in [2.75, 3.05) is 0 Å². The van der Waals surface area contributed by atoms with Crippen LogP contribution in [-0.4, -0.2) is 6.10 Å². The van der Waals surface area contributed by atoms with E-state index in [0.29, 0.717) is 0 Å². The van der Waals surface area contributed by atoms with Crippen LogP contribution in [0.2, 0.25) is 0 Å². The van der Waals surface area contributed by atoms with Crippen molar-refractivity contribution in [2.24, 2.45) is 11.1 Å². The molecule has 2 N–H and O–H groups in total. The van der Waals surface area contributed by atoms with Crippen molar-refractivity contribution in [1.29, 1.82) is 0 Å². The number of rotatable bonds is 0. The fraction of sp³-hybridized carbons (Fsp3) is 0.538. The van der Waals surface area contributed by atoms with Crippen molar-refractivity contribution >= 4 is 15.9 Å². The van der Waals surface area contributed by atoms with E-state index in [1.165, 1.54) is 0 Å². The molecule has 2 rings (SSSR count). The molecule has 2 nitrogen and oxygen atoms in total. The van der Waals surface area contributed by atoms with Gasteiger partial charge in [-0.3, -0.25) is 0 Å². The van der Waals surface area contributed by atoms with Crippen LogP contribution in [0.5, 0.6) is 5.75 Å². The summed E-state index contributed by atoms with van der Waals surface area (Å²) in [5.41, 5.74) is 7.43. The standard InChI is InChI=1S/C13H18BrNO/c1-13(2,3)12-7-10(15)9-5-4-8(14)6-11(9)16-12/h4-6,10,12H,7,15H2,1-3H3/t10-,12?/m0/s1. The van der Waals surface area contributed by atoms with Gasteiger partial charge in [0.25, 0.3) is 0 Å². The summed E-state index contributed by atoms with van der Waals surface area (Å²) in [6.07, 6.45) is 1.07. The molecule has 0 fully saturated rings. The maximum atomic E-state index is 6.19. The van der Waals surface area contributed by atoms with Crippen LogP contribution in [-0.2, 0) is 0 Å². The lowest BCUT2D eigenvalue weighted by atomic mass is 9.82. The van der Waals surface area contributed by atoms with E-state index < -0.39 is 0 Å². The third-order valence-corrected chi connectivity index (χ3v) is 3.57. The van der Waals surface area contributed by atoms with Gasteiger partial charge in [0, 0.05) is 22.5 Å². The molecule has 0 spiro atoms. The first-order valence-electron chi connectivity index (χ1n) is 5.59. The molecule has 1 heterocycles. The van der Waals surface area contributed by atoms with E-state index in [0.717, 1.165) is 22.2 Å². The van der Waals surface area contributed by atoms with Crippen molar-refractivity contribution in [3.8, 4) is 5.75 Å². The Hall–Kier alpha value is -0.540. The molecular weight excluding hydrogens is 266 g/mol. The fourth-order valence-corrected chi connectivity index (χ4v) is 2.35. The lowest BCUT2D eigenvalue weighted by molar-refractivity contribution is 0.0581. The molecule has 3 heteroatoms. The van der Waals surface area contributed by atoms with Gasteiger partial charge in [0.2, 0.25) is 0 Å². The molecule has 0 amide bonds. The third kappa shape index (κ3) is 2.25. The average molecular weight is 284 g/mol. The van der Waals surface area contributed by atoms with Crippen molar-refractivity contribution in [3.63, 3.8) is 0 Å². The molecule has 0 saturated carbocycles. The summed E-state index contributed by atoms with van der Waals surface area (Å²) >= 11 is 3.46. The van der Waals surface area contributed by atoms with E-state index in [4.69, 9.17) is 10.5 Å². The van der Waals surface area contributed by atoms with Crippen molar-refractivity contribution in [3.05, 3.63) is 28.2 Å². The van der Waals surface area contributed by atoms with Gasteiger partial charge in [0.15, 0.2) is 0 Å². The highest BCUT2D eigenvalue weighted by molar-refractivity contribution is 9.10. The third-order valence-electron chi connectivity index (χ3n) is 3.08. The Morgan fingerprint density at radius 2 is 2.06 bits per heavy atom. The molecule has 2 atom stereocenters. The largest absolute Gasteiger partial charge is 0.489 e. The molecule has 1 aliphatic rings. The van der Waals surface area contributed by atoms with Crippen LogP contribution in [0, 0.1) is 5.41 Å². The van der Waals surface area contributed by atoms with E-state index in [1.807, 2.05) is 18.2 Å². The van der Waals surface area contributed by atoms with Crippen LogP contribution in [0.4, 0.5) is 0 Å². The molecule has 88 valence electrons. The lowest BCUT2D eigenvalue weighted by Crippen LogP contribution is -2.38. The maximum absolute atomic E-state index is 6.19. The minimum absolute atomic E-state index is 0.0843. The highest BCUT2D eigenvalue weighted by atomic mass is 79.9. The first kappa shape index (κ1) is 11.9. The summed E-state index contributed by atoms with van der Waals surface area (Å²) in [6.45, 7) is 6.56. The smallest absolute Gasteiger partial charge is 0.125 e. The normalized spacial score (nSPS) is 24.8. The highest BCUT2D eigenvalue weighted by Gasteiger charge is 2.33. The molecule has 1 unspecified atom stereocenters. The minimum atomic E-state index is 0.0843. The summed E-state index contributed by atoms with van der Waals surface area (Å²) in [5, 5.41) is 0. The molecule has 0 aromatic heterocycles. The zero-order valence-corrected chi connectivity index (χ0v) is 11.5. The quantitative estimate of drug-likeness (QED) is 0.789. The number of benzene rings is 1. The summed E-state index contributed by atoms with van der Waals surface area (Å²) in [7, 11) is 0. The fourth-order valence-electron chi connectivity index (χ4n) is 2.01. The molecule has 1 aromatic rings. The SMILES string of the molecule is CC(C)(C)C1C[C@H](N)c2ccc(Br)cc2O1. The lowest BCUT2D eigenvalue weighted by Gasteiger charge is -2.38. The molecule has 16 heavy (non-hydrogen) atoms. The minimum Gasteiger partial charge on any atom is -0.489 e. The van der Waals surface area contributed by atoms with Gasteiger partial charge in [-0.15, -0.1) is 0 Å². The van der Waals surface area contributed by atoms with Gasteiger partial charge >= 0.3 is 0 Å². The zero-order valence-electron chi connectivity index (χ0n) is 9.96. The van der Waals surface area contributed by atoms with Gasteiger partial charge in [-0.25, -0.2) is 0 Å². The predicted molar refractivity (Wildman–Crippen MR) is 69.6 cm³/mol. The van der Waals surface area contributed by atoms with Gasteiger partial charge in [0.1, 0.15) is 11.9 Å². The van der Waals surface area contributed by atoms with Gasteiger partial charge in [0.05, 0.1) is 0 Å². The monoisotopic (exact) mass is 283 g/mol. The van der Waals surface area contributed by atoms with Crippen LogP contribution in [0.25, 0.3) is 0 Å². The molecule has 0 saturated heterocycles. The molecule has 0 aliphatic carbocycles. The Morgan fingerprint density at radius 1 is 1.38 bits per heavy atom. The highest BCUT2D eigenvalue weighted by Crippen LogP contribution is 2.40. The topological polar surface area (TPSA) is 35.2 Å². The summed E-state index contributed by atoms with van der Waals surface area (Å²) in [5.74, 6) is 0.924. The van der Waals surface area contributed by atoms with Gasteiger partial charge < -0.3 is 10.5 Å². The second kappa shape index (κ2) is 4.04. The van der Waals surface area contributed by atoms with E-state index in [2.05, 4.69) is 36.7 Å². The second-order valence-corrected chi connectivity index (χ2v) is 6.41. The Labute approximate surface area is 105 Å². The van der Waals surface area contributed by atoms with Gasteiger partial charge in [-0.2, -0.15) is 0 Å². The first-order chi connectivity index (χ1) is 7.38. The Morgan fingerprint density at radius 3 is 2.69 bits per heavy atom. The number of halogens is 1. The number of hydrogen-bond donors (Lipinski definition) is 1. The van der Waals surface area contributed by atoms with E-state index >= 15 is 0 Å². The first-order valence-corrected chi connectivity index (χ1v) is 6.39. The number of nitrogens with two attached hydrogens (primary N) is 1. The average Bonchev–Trinajstić information content (AvgIpc) is 2.15. The van der Waals surface area contributed by atoms with Crippen molar-refractivity contribution in [1.82, 2.24) is 0 Å². The van der Waals surface area contributed by atoms with Crippen molar-refractivity contribution in [2.45, 2.75) is 39.3 Å². The Balaban J connectivity index is 2.35. The van der Waals surface area contributed by atoms with Gasteiger partial charge in [-0.1, -0.05) is 42.8 Å². The number of hydrogen-bond acceptors (Lipinski definition) is 2. The Bertz CT molecular complexity index is 397. The molecule has 1 aromatic carbocycles. The van der Waals surface area contributed by atoms with Gasteiger partial charge in [-0.05, 0) is 17.5 Å². The zero-order chi connectivity index (χ0) is 11.9. The van der Waals surface area contributed by atoms with Crippen LogP contribution >= 0.6 is 15.9 Å². The van der Waals surface area contributed by atoms with Crippen LogP contribution in [0.15, 0.2) is 22.7 Å². The molecule has 0 bridgehead atoms. The van der Waals surface area contributed by atoms with E-state index in [9.17, 15) is 0 Å².